The Hall–Kier alpha value is -2.71. The fraction of sp³-hybridized carbons (Fsp3) is 0.464. The van der Waals surface area contributed by atoms with Gasteiger partial charge in [0.05, 0.1) is 27.3 Å². The number of ketones is 1. The van der Waals surface area contributed by atoms with E-state index in [1.807, 2.05) is 38.1 Å². The number of Topliss-reactive ketones (excluding diaryl/α,β-unsaturated/α-hetero) is 1. The fourth-order valence-corrected chi connectivity index (χ4v) is 8.20. The first-order chi connectivity index (χ1) is 19.2. The molecule has 1 aliphatic rings. The van der Waals surface area contributed by atoms with Crippen molar-refractivity contribution in [2.75, 3.05) is 25.2 Å². The van der Waals surface area contributed by atoms with Gasteiger partial charge in [-0.15, -0.1) is 11.3 Å². The summed E-state index contributed by atoms with van der Waals surface area (Å²) in [5.74, 6) is -1.41. The number of thiazole rings is 1. The normalized spacial score (nSPS) is 15.1. The van der Waals surface area contributed by atoms with Crippen LogP contribution in [0.15, 0.2) is 42.5 Å². The van der Waals surface area contributed by atoms with Crippen molar-refractivity contribution in [3.8, 4) is 11.1 Å². The van der Waals surface area contributed by atoms with Crippen LogP contribution in [0.25, 0.3) is 21.3 Å². The summed E-state index contributed by atoms with van der Waals surface area (Å²) < 4.78 is 55.2. The third-order valence-electron chi connectivity index (χ3n) is 7.12. The van der Waals surface area contributed by atoms with Gasteiger partial charge in [0.1, 0.15) is 5.01 Å². The van der Waals surface area contributed by atoms with Gasteiger partial charge in [0, 0.05) is 25.6 Å². The molecule has 4 rings (SSSR count). The number of nitrogens with two attached hydrogens (primary N) is 1. The molecule has 222 valence electrons. The van der Waals surface area contributed by atoms with Gasteiger partial charge < -0.3 is 10.1 Å². The molecule has 1 atom stereocenters. The van der Waals surface area contributed by atoms with Crippen molar-refractivity contribution in [3.63, 3.8) is 0 Å². The SMILES string of the molecule is COC(C)(C)CCC(=O)c1ccc(-c2ccc3nc(C(C(=O)NCCS(N)(=O)=O)S(=O)(=O)CC4CC4)sc3c2)cc1. The van der Waals surface area contributed by atoms with E-state index in [1.165, 1.54) is 0 Å². The maximum absolute atomic E-state index is 13.3. The van der Waals surface area contributed by atoms with Crippen molar-refractivity contribution in [3.05, 3.63) is 53.0 Å². The molecule has 1 aliphatic carbocycles. The number of benzene rings is 2. The fourth-order valence-electron chi connectivity index (χ4n) is 4.29. The number of hydrogen-bond donors (Lipinski definition) is 2. The molecular formula is C28H35N3O7S3. The van der Waals surface area contributed by atoms with Gasteiger partial charge in [-0.2, -0.15) is 0 Å². The number of sulfone groups is 1. The topological polar surface area (TPSA) is 163 Å². The number of carbonyl (C=O) groups is 2. The molecule has 0 radical (unpaired) electrons. The average molecular weight is 622 g/mol. The largest absolute Gasteiger partial charge is 0.379 e. The lowest BCUT2D eigenvalue weighted by Crippen LogP contribution is -2.38. The quantitative estimate of drug-likeness (QED) is 0.258. The number of aromatic nitrogens is 1. The van der Waals surface area contributed by atoms with E-state index in [9.17, 15) is 26.4 Å². The van der Waals surface area contributed by atoms with Crippen LogP contribution in [0.5, 0.6) is 0 Å². The lowest BCUT2D eigenvalue weighted by molar-refractivity contribution is -0.120. The molecule has 0 saturated heterocycles. The summed E-state index contributed by atoms with van der Waals surface area (Å²) in [6.45, 7) is 3.58. The van der Waals surface area contributed by atoms with Gasteiger partial charge in [0.15, 0.2) is 20.9 Å². The molecular weight excluding hydrogens is 587 g/mol. The number of nitrogens with one attached hydrogen (secondary N) is 1. The first-order valence-electron chi connectivity index (χ1n) is 13.3. The van der Waals surface area contributed by atoms with E-state index in [-0.39, 0.29) is 34.6 Å². The molecule has 0 spiro atoms. The summed E-state index contributed by atoms with van der Waals surface area (Å²) in [5, 5.41) is 6.01. The molecule has 1 saturated carbocycles. The number of methoxy groups -OCH3 is 1. The van der Waals surface area contributed by atoms with Gasteiger partial charge in [0.2, 0.25) is 15.9 Å². The van der Waals surface area contributed by atoms with Gasteiger partial charge >= 0.3 is 0 Å². The van der Waals surface area contributed by atoms with Crippen molar-refractivity contribution in [2.24, 2.45) is 11.1 Å². The minimum atomic E-state index is -3.90. The van der Waals surface area contributed by atoms with Gasteiger partial charge in [-0.25, -0.2) is 27.0 Å². The van der Waals surface area contributed by atoms with E-state index in [0.717, 1.165) is 35.3 Å². The summed E-state index contributed by atoms with van der Waals surface area (Å²) in [6.07, 6.45) is 2.56. The second-order valence-corrected chi connectivity index (χ2v) is 15.9. The predicted octanol–water partition coefficient (Wildman–Crippen LogP) is 3.62. The molecule has 1 aromatic heterocycles. The van der Waals surface area contributed by atoms with Crippen LogP contribution in [0, 0.1) is 5.92 Å². The lowest BCUT2D eigenvalue weighted by Gasteiger charge is -2.22. The highest BCUT2D eigenvalue weighted by molar-refractivity contribution is 7.92. The smallest absolute Gasteiger partial charge is 0.245 e. The number of carbonyl (C=O) groups excluding carboxylic acids is 2. The number of ether oxygens (including phenoxy) is 1. The Morgan fingerprint density at radius 2 is 1.76 bits per heavy atom. The molecule has 2 aromatic carbocycles. The highest BCUT2D eigenvalue weighted by Gasteiger charge is 2.40. The van der Waals surface area contributed by atoms with Gasteiger partial charge in [0.25, 0.3) is 0 Å². The highest BCUT2D eigenvalue weighted by atomic mass is 32.2. The lowest BCUT2D eigenvalue weighted by atomic mass is 9.96. The molecule has 1 heterocycles. The van der Waals surface area contributed by atoms with Gasteiger partial charge in [-0.1, -0.05) is 30.3 Å². The number of nitrogens with zero attached hydrogens (tertiary/aromatic N) is 1. The van der Waals surface area contributed by atoms with Crippen LogP contribution < -0.4 is 10.5 Å². The second-order valence-electron chi connectivity index (χ2n) is 11.0. The monoisotopic (exact) mass is 621 g/mol. The van der Waals surface area contributed by atoms with Crippen molar-refractivity contribution in [1.29, 1.82) is 0 Å². The number of primary sulfonamides is 1. The molecule has 3 N–H and O–H groups in total. The minimum absolute atomic E-state index is 0.0158. The summed E-state index contributed by atoms with van der Waals surface area (Å²) in [7, 11) is -6.10. The zero-order valence-corrected chi connectivity index (χ0v) is 25.7. The van der Waals surface area contributed by atoms with Crippen molar-refractivity contribution in [2.45, 2.75) is 50.4 Å². The van der Waals surface area contributed by atoms with E-state index in [0.29, 0.717) is 28.6 Å². The Morgan fingerprint density at radius 3 is 2.37 bits per heavy atom. The maximum Gasteiger partial charge on any atom is 0.245 e. The summed E-state index contributed by atoms with van der Waals surface area (Å²) >= 11 is 1.11. The van der Waals surface area contributed by atoms with E-state index in [4.69, 9.17) is 9.88 Å². The van der Waals surface area contributed by atoms with Crippen LogP contribution in [0.1, 0.15) is 60.1 Å². The van der Waals surface area contributed by atoms with Crippen LogP contribution >= 0.6 is 11.3 Å². The number of rotatable bonds is 14. The molecule has 0 bridgehead atoms. The van der Waals surface area contributed by atoms with Crippen molar-refractivity contribution in [1.82, 2.24) is 10.3 Å². The zero-order valence-electron chi connectivity index (χ0n) is 23.3. The minimum Gasteiger partial charge on any atom is -0.379 e. The van der Waals surface area contributed by atoms with E-state index in [1.54, 1.807) is 25.3 Å². The van der Waals surface area contributed by atoms with Crippen molar-refractivity contribution < 1.29 is 31.2 Å². The molecule has 1 amide bonds. The molecule has 1 fully saturated rings. The summed E-state index contributed by atoms with van der Waals surface area (Å²) in [4.78, 5) is 30.2. The Balaban J connectivity index is 1.56. The standard InChI is InChI=1S/C28H35N3O7S3/c1-28(2,38-3)13-12-23(32)20-8-6-19(7-9-20)21-10-11-22-24(16-21)39-27(31-22)25(40(34,35)17-18-4-5-18)26(33)30-14-15-41(29,36)37/h6-11,16,18,25H,4-5,12-15,17H2,1-3H3,(H,30,33)(H2,29,36,37). The molecule has 0 aliphatic heterocycles. The van der Waals surface area contributed by atoms with E-state index < -0.39 is 36.8 Å². The van der Waals surface area contributed by atoms with Crippen LogP contribution in [0.3, 0.4) is 0 Å². The Kier molecular flexibility index (Phi) is 9.34. The first-order valence-corrected chi connectivity index (χ1v) is 17.5. The average Bonchev–Trinajstić information content (AvgIpc) is 3.60. The van der Waals surface area contributed by atoms with Crippen LogP contribution in [-0.4, -0.2) is 64.3 Å². The summed E-state index contributed by atoms with van der Waals surface area (Å²) in [6, 6.07) is 12.8. The van der Waals surface area contributed by atoms with Crippen molar-refractivity contribution >= 4 is 53.1 Å². The Morgan fingerprint density at radius 1 is 1.10 bits per heavy atom. The molecule has 10 nitrogen and oxygen atoms in total. The molecule has 13 heteroatoms. The second kappa shape index (κ2) is 12.3. The third-order valence-corrected chi connectivity index (χ3v) is 11.2. The zero-order chi connectivity index (χ0) is 30.0. The Labute approximate surface area is 244 Å². The summed E-state index contributed by atoms with van der Waals surface area (Å²) in [5.41, 5.74) is 2.50. The van der Waals surface area contributed by atoms with Gasteiger partial charge in [-0.3, -0.25) is 9.59 Å². The van der Waals surface area contributed by atoms with E-state index in [2.05, 4.69) is 10.3 Å². The maximum atomic E-state index is 13.3. The van der Waals surface area contributed by atoms with Crippen LogP contribution in [-0.2, 0) is 29.4 Å². The number of amides is 1. The van der Waals surface area contributed by atoms with E-state index >= 15 is 0 Å². The highest BCUT2D eigenvalue weighted by Crippen LogP contribution is 2.38. The predicted molar refractivity (Wildman–Crippen MR) is 160 cm³/mol. The number of hydrogen-bond acceptors (Lipinski definition) is 9. The van der Waals surface area contributed by atoms with Crippen LogP contribution in [0.4, 0.5) is 0 Å². The number of fused-ring (bicyclic) bond motifs is 1. The number of sulfonamides is 1. The molecule has 3 aromatic rings. The van der Waals surface area contributed by atoms with Crippen LogP contribution in [0.2, 0.25) is 0 Å². The Bertz CT molecular complexity index is 1640. The third kappa shape index (κ3) is 8.41. The van der Waals surface area contributed by atoms with Gasteiger partial charge in [-0.05, 0) is 62.3 Å². The molecule has 1 unspecified atom stereocenters. The molecule has 41 heavy (non-hydrogen) atoms. The first kappa shape index (κ1) is 31.2.